The van der Waals surface area contributed by atoms with Gasteiger partial charge in [-0.15, -0.1) is 0 Å². The van der Waals surface area contributed by atoms with Gasteiger partial charge in [-0.05, 0) is 29.9 Å². The van der Waals surface area contributed by atoms with Gasteiger partial charge in [-0.2, -0.15) is 0 Å². The lowest BCUT2D eigenvalue weighted by Gasteiger charge is -2.20. The first-order valence-corrected chi connectivity index (χ1v) is 6.21. The van der Waals surface area contributed by atoms with Crippen LogP contribution in [-0.2, 0) is 6.54 Å². The smallest absolute Gasteiger partial charge is 0.293 e. The zero-order chi connectivity index (χ0) is 13.7. The van der Waals surface area contributed by atoms with E-state index in [1.165, 1.54) is 6.26 Å². The molecule has 1 aromatic carbocycles. The second-order valence-electron chi connectivity index (χ2n) is 4.08. The molecule has 0 radical (unpaired) electrons. The van der Waals surface area contributed by atoms with Gasteiger partial charge in [0.05, 0.1) is 6.26 Å². The highest BCUT2D eigenvalue weighted by atomic mass is 32.1. The third kappa shape index (κ3) is 3.66. The Kier molecular flexibility index (Phi) is 4.30. The van der Waals surface area contributed by atoms with Crippen LogP contribution in [0.4, 0.5) is 0 Å². The largest absolute Gasteiger partial charge is 0.459 e. The molecule has 4 nitrogen and oxygen atoms in total. The van der Waals surface area contributed by atoms with Crippen molar-refractivity contribution in [3.8, 4) is 0 Å². The quantitative estimate of drug-likeness (QED) is 0.873. The highest BCUT2D eigenvalue weighted by Gasteiger charge is 2.12. The lowest BCUT2D eigenvalue weighted by Crippen LogP contribution is -2.40. The van der Waals surface area contributed by atoms with Crippen molar-refractivity contribution in [3.63, 3.8) is 0 Å². The average molecular weight is 274 g/mol. The zero-order valence-corrected chi connectivity index (χ0v) is 11.3. The van der Waals surface area contributed by atoms with E-state index in [2.05, 4.69) is 5.32 Å². The van der Waals surface area contributed by atoms with E-state index >= 15 is 0 Å². The Labute approximate surface area is 117 Å². The van der Waals surface area contributed by atoms with Gasteiger partial charge in [-0.25, -0.2) is 0 Å². The summed E-state index contributed by atoms with van der Waals surface area (Å²) in [6.45, 7) is 0.637. The molecular formula is C14H14N2O2S. The Morgan fingerprint density at radius 3 is 2.63 bits per heavy atom. The minimum absolute atomic E-state index is 0.246. The monoisotopic (exact) mass is 274 g/mol. The van der Waals surface area contributed by atoms with Gasteiger partial charge < -0.3 is 9.32 Å². The second-order valence-corrected chi connectivity index (χ2v) is 4.46. The third-order valence-electron chi connectivity index (χ3n) is 2.57. The summed E-state index contributed by atoms with van der Waals surface area (Å²) in [7, 11) is 1.83. The van der Waals surface area contributed by atoms with Gasteiger partial charge in [0, 0.05) is 13.6 Å². The summed E-state index contributed by atoms with van der Waals surface area (Å²) in [5.41, 5.74) is 1.12. The molecule has 0 saturated carbocycles. The summed E-state index contributed by atoms with van der Waals surface area (Å²) in [4.78, 5) is 13.6. The SMILES string of the molecule is CN(Cc1ccccc1)C(=S)NC(=O)c1ccco1. The molecule has 0 aliphatic heterocycles. The summed E-state index contributed by atoms with van der Waals surface area (Å²) in [6, 6.07) is 13.2. The number of hydrogen-bond donors (Lipinski definition) is 1. The van der Waals surface area contributed by atoms with Crippen molar-refractivity contribution in [2.24, 2.45) is 0 Å². The van der Waals surface area contributed by atoms with E-state index in [1.807, 2.05) is 37.4 Å². The number of carbonyl (C=O) groups excluding carboxylic acids is 1. The van der Waals surface area contributed by atoms with Gasteiger partial charge in [0.1, 0.15) is 0 Å². The number of thiocarbonyl (C=S) groups is 1. The maximum atomic E-state index is 11.8. The van der Waals surface area contributed by atoms with E-state index in [1.54, 1.807) is 17.0 Å². The summed E-state index contributed by atoms with van der Waals surface area (Å²) >= 11 is 5.18. The Morgan fingerprint density at radius 1 is 1.26 bits per heavy atom. The molecule has 0 bridgehead atoms. The van der Waals surface area contributed by atoms with E-state index in [4.69, 9.17) is 16.6 Å². The molecule has 1 amide bonds. The normalized spacial score (nSPS) is 9.95. The van der Waals surface area contributed by atoms with Gasteiger partial charge in [0.25, 0.3) is 5.91 Å². The fourth-order valence-electron chi connectivity index (χ4n) is 1.59. The second kappa shape index (κ2) is 6.15. The molecule has 0 aliphatic rings. The molecule has 0 fully saturated rings. The van der Waals surface area contributed by atoms with Gasteiger partial charge in [0.15, 0.2) is 10.9 Å². The van der Waals surface area contributed by atoms with Gasteiger partial charge in [-0.3, -0.25) is 10.1 Å². The molecule has 0 atom stereocenters. The molecule has 19 heavy (non-hydrogen) atoms. The molecule has 1 heterocycles. The van der Waals surface area contributed by atoms with Crippen LogP contribution in [0.25, 0.3) is 0 Å². The number of amides is 1. The summed E-state index contributed by atoms with van der Waals surface area (Å²) < 4.78 is 5.00. The summed E-state index contributed by atoms with van der Waals surface area (Å²) in [5.74, 6) is -0.0922. The van der Waals surface area contributed by atoms with Crippen LogP contribution in [0.2, 0.25) is 0 Å². The fourth-order valence-corrected chi connectivity index (χ4v) is 1.75. The van der Waals surface area contributed by atoms with Crippen molar-refractivity contribution >= 4 is 23.2 Å². The zero-order valence-electron chi connectivity index (χ0n) is 10.5. The Balaban J connectivity index is 1.91. The first-order chi connectivity index (χ1) is 9.16. The van der Waals surface area contributed by atoms with Crippen molar-refractivity contribution in [3.05, 3.63) is 60.1 Å². The van der Waals surface area contributed by atoms with Gasteiger partial charge >= 0.3 is 0 Å². The van der Waals surface area contributed by atoms with Gasteiger partial charge in [0.2, 0.25) is 0 Å². The number of nitrogens with one attached hydrogen (secondary N) is 1. The lowest BCUT2D eigenvalue weighted by atomic mass is 10.2. The van der Waals surface area contributed by atoms with E-state index < -0.39 is 0 Å². The maximum absolute atomic E-state index is 11.8. The predicted molar refractivity (Wildman–Crippen MR) is 76.7 cm³/mol. The molecule has 0 saturated heterocycles. The summed E-state index contributed by atoms with van der Waals surface area (Å²) in [5, 5.41) is 2.99. The molecule has 98 valence electrons. The molecule has 0 spiro atoms. The fraction of sp³-hybridized carbons (Fsp3) is 0.143. The maximum Gasteiger partial charge on any atom is 0.293 e. The third-order valence-corrected chi connectivity index (χ3v) is 2.99. The van der Waals surface area contributed by atoms with E-state index in [0.29, 0.717) is 11.7 Å². The van der Waals surface area contributed by atoms with Crippen LogP contribution in [0, 0.1) is 0 Å². The van der Waals surface area contributed by atoms with Crippen molar-refractivity contribution < 1.29 is 9.21 Å². The predicted octanol–water partition coefficient (Wildman–Crippen LogP) is 2.43. The minimum Gasteiger partial charge on any atom is -0.459 e. The molecule has 2 aromatic rings. The van der Waals surface area contributed by atoms with Crippen molar-refractivity contribution in [1.82, 2.24) is 10.2 Å². The number of furan rings is 1. The Morgan fingerprint density at radius 2 is 2.00 bits per heavy atom. The highest BCUT2D eigenvalue weighted by molar-refractivity contribution is 7.80. The molecular weight excluding hydrogens is 260 g/mol. The molecule has 1 N–H and O–H groups in total. The topological polar surface area (TPSA) is 45.5 Å². The number of rotatable bonds is 3. The van der Waals surface area contributed by atoms with Crippen molar-refractivity contribution in [1.29, 1.82) is 0 Å². The number of hydrogen-bond acceptors (Lipinski definition) is 3. The first-order valence-electron chi connectivity index (χ1n) is 5.80. The van der Waals surface area contributed by atoms with E-state index in [9.17, 15) is 4.79 Å². The lowest BCUT2D eigenvalue weighted by molar-refractivity contribution is 0.0946. The van der Waals surface area contributed by atoms with Crippen LogP contribution in [0.15, 0.2) is 53.1 Å². The molecule has 2 rings (SSSR count). The van der Waals surface area contributed by atoms with Crippen LogP contribution in [0.1, 0.15) is 16.1 Å². The van der Waals surface area contributed by atoms with Crippen LogP contribution < -0.4 is 5.32 Å². The van der Waals surface area contributed by atoms with Crippen molar-refractivity contribution in [2.75, 3.05) is 7.05 Å². The average Bonchev–Trinajstić information content (AvgIpc) is 2.93. The standard InChI is InChI=1S/C14H14N2O2S/c1-16(10-11-6-3-2-4-7-11)14(19)15-13(17)12-8-5-9-18-12/h2-9H,10H2,1H3,(H,15,17,19). The number of nitrogens with zero attached hydrogens (tertiary/aromatic N) is 1. The van der Waals surface area contributed by atoms with E-state index in [-0.39, 0.29) is 11.7 Å². The molecule has 1 aromatic heterocycles. The number of carbonyl (C=O) groups is 1. The Hall–Kier alpha value is -2.14. The first kappa shape index (κ1) is 13.3. The van der Waals surface area contributed by atoms with Crippen LogP contribution in [0.3, 0.4) is 0 Å². The highest BCUT2D eigenvalue weighted by Crippen LogP contribution is 2.04. The van der Waals surface area contributed by atoms with E-state index in [0.717, 1.165) is 5.56 Å². The molecule has 5 heteroatoms. The minimum atomic E-state index is -0.338. The molecule has 0 aliphatic carbocycles. The van der Waals surface area contributed by atoms with Gasteiger partial charge in [-0.1, -0.05) is 30.3 Å². The van der Waals surface area contributed by atoms with Crippen LogP contribution in [-0.4, -0.2) is 23.0 Å². The van der Waals surface area contributed by atoms with Crippen molar-refractivity contribution in [2.45, 2.75) is 6.54 Å². The van der Waals surface area contributed by atoms with Crippen LogP contribution in [0.5, 0.6) is 0 Å². The Bertz CT molecular complexity index is 552. The number of benzene rings is 1. The summed E-state index contributed by atoms with van der Waals surface area (Å²) in [6.07, 6.45) is 1.45. The van der Waals surface area contributed by atoms with Crippen LogP contribution >= 0.6 is 12.2 Å². The molecule has 0 unspecified atom stereocenters.